The summed E-state index contributed by atoms with van der Waals surface area (Å²) in [5.74, 6) is 2.71. The van der Waals surface area contributed by atoms with Crippen LogP contribution in [-0.2, 0) is 11.2 Å². The van der Waals surface area contributed by atoms with Gasteiger partial charge in [-0.05, 0) is 80.2 Å². The molecule has 2 aliphatic rings. The molecule has 0 N–H and O–H groups in total. The van der Waals surface area contributed by atoms with Gasteiger partial charge in [0.2, 0.25) is 0 Å². The van der Waals surface area contributed by atoms with Gasteiger partial charge in [-0.15, -0.1) is 0 Å². The van der Waals surface area contributed by atoms with E-state index >= 15 is 0 Å². The van der Waals surface area contributed by atoms with Crippen molar-refractivity contribution in [2.24, 2.45) is 11.8 Å². The van der Waals surface area contributed by atoms with Crippen molar-refractivity contribution < 1.29 is 4.74 Å². The third-order valence-electron chi connectivity index (χ3n) is 7.94. The van der Waals surface area contributed by atoms with E-state index < -0.39 is 0 Å². The number of ether oxygens (including phenoxy) is 1. The number of benzene rings is 1. The van der Waals surface area contributed by atoms with Crippen molar-refractivity contribution >= 4 is 0 Å². The summed E-state index contributed by atoms with van der Waals surface area (Å²) in [6, 6.07) is 9.62. The Morgan fingerprint density at radius 3 is 2.17 bits per heavy atom. The highest BCUT2D eigenvalue weighted by molar-refractivity contribution is 5.26. The molecule has 2 saturated carbocycles. The number of unbranched alkanes of at least 4 members (excludes halogenated alkanes) is 4. The average molecular weight is 413 g/mol. The Morgan fingerprint density at radius 2 is 1.47 bits per heavy atom. The molecule has 1 nitrogen and oxygen atoms in total. The SMILES string of the molecule is CCCCCCCc1ccc(C2CCC(OCCCC3CCC(C)CC3)CC2)cc1. The van der Waals surface area contributed by atoms with Gasteiger partial charge in [0.1, 0.15) is 0 Å². The Morgan fingerprint density at radius 1 is 0.767 bits per heavy atom. The van der Waals surface area contributed by atoms with Gasteiger partial charge in [-0.1, -0.05) is 89.5 Å². The van der Waals surface area contributed by atoms with E-state index in [4.69, 9.17) is 4.74 Å². The summed E-state index contributed by atoms with van der Waals surface area (Å²) in [5, 5.41) is 0. The van der Waals surface area contributed by atoms with Crippen LogP contribution in [0.2, 0.25) is 0 Å². The third-order valence-corrected chi connectivity index (χ3v) is 7.94. The lowest BCUT2D eigenvalue weighted by Crippen LogP contribution is -2.21. The molecule has 2 aliphatic carbocycles. The molecule has 170 valence electrons. The van der Waals surface area contributed by atoms with Crippen LogP contribution in [0.15, 0.2) is 24.3 Å². The summed E-state index contributed by atoms with van der Waals surface area (Å²) < 4.78 is 6.27. The summed E-state index contributed by atoms with van der Waals surface area (Å²) >= 11 is 0. The number of hydrogen-bond acceptors (Lipinski definition) is 1. The fourth-order valence-corrected chi connectivity index (χ4v) is 5.69. The van der Waals surface area contributed by atoms with Crippen LogP contribution in [0, 0.1) is 11.8 Å². The van der Waals surface area contributed by atoms with E-state index in [2.05, 4.69) is 38.1 Å². The first-order chi connectivity index (χ1) is 14.7. The zero-order valence-corrected chi connectivity index (χ0v) is 20.0. The van der Waals surface area contributed by atoms with E-state index in [0.29, 0.717) is 6.10 Å². The predicted molar refractivity (Wildman–Crippen MR) is 130 cm³/mol. The second kappa shape index (κ2) is 13.6. The molecule has 0 aromatic heterocycles. The van der Waals surface area contributed by atoms with Gasteiger partial charge in [-0.25, -0.2) is 0 Å². The van der Waals surface area contributed by atoms with Crippen LogP contribution >= 0.6 is 0 Å². The van der Waals surface area contributed by atoms with Crippen molar-refractivity contribution in [1.82, 2.24) is 0 Å². The van der Waals surface area contributed by atoms with E-state index in [-0.39, 0.29) is 0 Å². The van der Waals surface area contributed by atoms with Gasteiger partial charge in [-0.3, -0.25) is 0 Å². The molecular formula is C29H48O. The molecule has 0 heterocycles. The summed E-state index contributed by atoms with van der Waals surface area (Å²) in [5.41, 5.74) is 3.09. The maximum absolute atomic E-state index is 6.27. The highest BCUT2D eigenvalue weighted by Crippen LogP contribution is 2.35. The first-order valence-electron chi connectivity index (χ1n) is 13.4. The number of rotatable bonds is 12. The van der Waals surface area contributed by atoms with Crippen molar-refractivity contribution in [1.29, 1.82) is 0 Å². The van der Waals surface area contributed by atoms with Crippen LogP contribution in [0.25, 0.3) is 0 Å². The molecular weight excluding hydrogens is 364 g/mol. The standard InChI is InChI=1S/C29H48O/c1-3-4-5-6-7-9-25-15-17-27(18-16-25)28-19-21-29(22-20-28)30-23-8-10-26-13-11-24(2)12-14-26/h15-18,24,26,28-29H,3-14,19-23H2,1-2H3. The maximum atomic E-state index is 6.27. The molecule has 1 heteroatoms. The van der Waals surface area contributed by atoms with Crippen LogP contribution in [-0.4, -0.2) is 12.7 Å². The number of hydrogen-bond donors (Lipinski definition) is 0. The van der Waals surface area contributed by atoms with Crippen LogP contribution in [0.4, 0.5) is 0 Å². The maximum Gasteiger partial charge on any atom is 0.0575 e. The summed E-state index contributed by atoms with van der Waals surface area (Å²) in [7, 11) is 0. The zero-order valence-electron chi connectivity index (χ0n) is 20.0. The Balaban J connectivity index is 1.26. The summed E-state index contributed by atoms with van der Waals surface area (Å²) in [4.78, 5) is 0. The second-order valence-electron chi connectivity index (χ2n) is 10.5. The van der Waals surface area contributed by atoms with Crippen LogP contribution in [0.3, 0.4) is 0 Å². The van der Waals surface area contributed by atoms with Crippen molar-refractivity contribution in [3.8, 4) is 0 Å². The normalized spacial score (nSPS) is 27.3. The first-order valence-corrected chi connectivity index (χ1v) is 13.4. The molecule has 0 amide bonds. The fourth-order valence-electron chi connectivity index (χ4n) is 5.69. The molecule has 0 spiro atoms. The summed E-state index contributed by atoms with van der Waals surface area (Å²) in [6.07, 6.45) is 22.3. The Hall–Kier alpha value is -0.820. The molecule has 0 radical (unpaired) electrons. The highest BCUT2D eigenvalue weighted by Gasteiger charge is 2.23. The van der Waals surface area contributed by atoms with E-state index in [0.717, 1.165) is 24.4 Å². The van der Waals surface area contributed by atoms with Gasteiger partial charge in [0.05, 0.1) is 6.10 Å². The van der Waals surface area contributed by atoms with Crippen LogP contribution in [0.1, 0.15) is 127 Å². The average Bonchev–Trinajstić information content (AvgIpc) is 2.79. The van der Waals surface area contributed by atoms with Crippen molar-refractivity contribution in [2.45, 2.75) is 129 Å². The lowest BCUT2D eigenvalue weighted by atomic mass is 9.81. The Kier molecular flexibility index (Phi) is 10.8. The molecule has 1 aromatic carbocycles. The number of aryl methyl sites for hydroxylation is 1. The smallest absolute Gasteiger partial charge is 0.0575 e. The minimum absolute atomic E-state index is 0.523. The van der Waals surface area contributed by atoms with Gasteiger partial charge in [0.25, 0.3) is 0 Å². The Labute approximate surface area is 187 Å². The zero-order chi connectivity index (χ0) is 21.0. The molecule has 0 saturated heterocycles. The summed E-state index contributed by atoms with van der Waals surface area (Å²) in [6.45, 7) is 5.70. The molecule has 2 fully saturated rings. The van der Waals surface area contributed by atoms with E-state index in [1.807, 2.05) is 0 Å². The van der Waals surface area contributed by atoms with Crippen LogP contribution < -0.4 is 0 Å². The first kappa shape index (κ1) is 23.8. The van der Waals surface area contributed by atoms with Crippen molar-refractivity contribution in [2.75, 3.05) is 6.61 Å². The minimum atomic E-state index is 0.523. The van der Waals surface area contributed by atoms with Crippen molar-refractivity contribution in [3.63, 3.8) is 0 Å². The van der Waals surface area contributed by atoms with Gasteiger partial charge >= 0.3 is 0 Å². The lowest BCUT2D eigenvalue weighted by Gasteiger charge is -2.29. The van der Waals surface area contributed by atoms with Gasteiger partial charge in [0, 0.05) is 6.61 Å². The lowest BCUT2D eigenvalue weighted by molar-refractivity contribution is 0.0205. The van der Waals surface area contributed by atoms with E-state index in [1.165, 1.54) is 108 Å². The van der Waals surface area contributed by atoms with E-state index in [9.17, 15) is 0 Å². The van der Waals surface area contributed by atoms with Gasteiger partial charge in [-0.2, -0.15) is 0 Å². The highest BCUT2D eigenvalue weighted by atomic mass is 16.5. The minimum Gasteiger partial charge on any atom is -0.378 e. The molecule has 0 bridgehead atoms. The van der Waals surface area contributed by atoms with Crippen LogP contribution in [0.5, 0.6) is 0 Å². The molecule has 0 atom stereocenters. The molecule has 1 aromatic rings. The topological polar surface area (TPSA) is 9.23 Å². The van der Waals surface area contributed by atoms with E-state index in [1.54, 1.807) is 5.56 Å². The molecule has 3 rings (SSSR count). The fraction of sp³-hybridized carbons (Fsp3) is 0.793. The third kappa shape index (κ3) is 8.37. The quantitative estimate of drug-likeness (QED) is 0.311. The monoisotopic (exact) mass is 412 g/mol. The van der Waals surface area contributed by atoms with Gasteiger partial charge in [0.15, 0.2) is 0 Å². The second-order valence-corrected chi connectivity index (χ2v) is 10.5. The largest absolute Gasteiger partial charge is 0.378 e. The predicted octanol–water partition coefficient (Wildman–Crippen LogP) is 8.85. The Bertz CT molecular complexity index is 546. The molecule has 30 heavy (non-hydrogen) atoms. The van der Waals surface area contributed by atoms with Crippen molar-refractivity contribution in [3.05, 3.63) is 35.4 Å². The molecule has 0 aliphatic heterocycles. The molecule has 0 unspecified atom stereocenters. The van der Waals surface area contributed by atoms with Gasteiger partial charge < -0.3 is 4.74 Å².